The molecule has 90 valence electrons. The quantitative estimate of drug-likeness (QED) is 0.848. The van der Waals surface area contributed by atoms with E-state index in [1.165, 1.54) is 12.1 Å². The van der Waals surface area contributed by atoms with E-state index in [0.29, 0.717) is 0 Å². The summed E-state index contributed by atoms with van der Waals surface area (Å²) >= 11 is 0. The van der Waals surface area contributed by atoms with Crippen LogP contribution in [0, 0.1) is 5.41 Å². The molecule has 0 unspecified atom stereocenters. The zero-order valence-electron chi connectivity index (χ0n) is 9.30. The molecule has 0 atom stereocenters. The standard InChI is InChI=1S/C12H15F3O/c1-11(2,8-16)7-9-5-3-4-6-10(9)12(13,14)15/h3-6,16H,7-8H2,1-2H3. The van der Waals surface area contributed by atoms with Crippen molar-refractivity contribution in [3.8, 4) is 0 Å². The molecule has 0 spiro atoms. The van der Waals surface area contributed by atoms with E-state index in [1.807, 2.05) is 0 Å². The minimum atomic E-state index is -4.33. The molecule has 1 rings (SSSR count). The second-order valence-corrected chi connectivity index (χ2v) is 4.65. The van der Waals surface area contributed by atoms with Gasteiger partial charge in [-0.05, 0) is 23.5 Å². The number of halogens is 3. The van der Waals surface area contributed by atoms with Crippen molar-refractivity contribution in [1.82, 2.24) is 0 Å². The zero-order valence-corrected chi connectivity index (χ0v) is 9.30. The Morgan fingerprint density at radius 2 is 1.69 bits per heavy atom. The van der Waals surface area contributed by atoms with Gasteiger partial charge in [-0.3, -0.25) is 0 Å². The van der Waals surface area contributed by atoms with E-state index in [2.05, 4.69) is 0 Å². The van der Waals surface area contributed by atoms with Crippen molar-refractivity contribution in [2.24, 2.45) is 5.41 Å². The summed E-state index contributed by atoms with van der Waals surface area (Å²) in [5, 5.41) is 9.07. The van der Waals surface area contributed by atoms with Crippen molar-refractivity contribution in [3.63, 3.8) is 0 Å². The Labute approximate surface area is 92.9 Å². The molecular formula is C12H15F3O. The fourth-order valence-electron chi connectivity index (χ4n) is 1.52. The van der Waals surface area contributed by atoms with Crippen LogP contribution < -0.4 is 0 Å². The monoisotopic (exact) mass is 232 g/mol. The summed E-state index contributed by atoms with van der Waals surface area (Å²) in [5.41, 5.74) is -0.924. The molecule has 1 aromatic rings. The van der Waals surface area contributed by atoms with Crippen molar-refractivity contribution >= 4 is 0 Å². The number of hydrogen-bond donors (Lipinski definition) is 1. The lowest BCUT2D eigenvalue weighted by molar-refractivity contribution is -0.138. The summed E-state index contributed by atoms with van der Waals surface area (Å²) in [6, 6.07) is 5.49. The SMILES string of the molecule is CC(C)(CO)Cc1ccccc1C(F)(F)F. The molecule has 4 heteroatoms. The number of hydrogen-bond acceptors (Lipinski definition) is 1. The molecule has 0 aliphatic carbocycles. The predicted molar refractivity (Wildman–Crippen MR) is 56.0 cm³/mol. The van der Waals surface area contributed by atoms with Gasteiger partial charge in [0.25, 0.3) is 0 Å². The molecule has 0 saturated carbocycles. The summed E-state index contributed by atoms with van der Waals surface area (Å²) in [7, 11) is 0. The predicted octanol–water partition coefficient (Wildman–Crippen LogP) is 3.27. The summed E-state index contributed by atoms with van der Waals surface area (Å²) in [6.07, 6.45) is -4.12. The Morgan fingerprint density at radius 1 is 1.12 bits per heavy atom. The number of benzene rings is 1. The van der Waals surface area contributed by atoms with Gasteiger partial charge in [0, 0.05) is 6.61 Å². The third-order valence-electron chi connectivity index (χ3n) is 2.42. The molecule has 0 heterocycles. The molecule has 1 N–H and O–H groups in total. The maximum absolute atomic E-state index is 12.7. The highest BCUT2D eigenvalue weighted by Gasteiger charge is 2.34. The Kier molecular flexibility index (Phi) is 3.63. The number of aliphatic hydroxyl groups is 1. The van der Waals surface area contributed by atoms with Gasteiger partial charge in [0.05, 0.1) is 5.56 Å². The molecule has 1 aromatic carbocycles. The van der Waals surface area contributed by atoms with E-state index in [1.54, 1.807) is 19.9 Å². The van der Waals surface area contributed by atoms with Crippen LogP contribution in [0.4, 0.5) is 13.2 Å². The van der Waals surface area contributed by atoms with E-state index in [0.717, 1.165) is 6.07 Å². The molecule has 0 aliphatic rings. The molecule has 0 bridgehead atoms. The lowest BCUT2D eigenvalue weighted by Gasteiger charge is -2.23. The first-order valence-corrected chi connectivity index (χ1v) is 5.02. The number of aliphatic hydroxyl groups excluding tert-OH is 1. The Bertz CT molecular complexity index is 356. The Hall–Kier alpha value is -1.03. The van der Waals surface area contributed by atoms with Crippen LogP contribution in [0.2, 0.25) is 0 Å². The highest BCUT2D eigenvalue weighted by atomic mass is 19.4. The number of rotatable bonds is 3. The minimum Gasteiger partial charge on any atom is -0.396 e. The van der Waals surface area contributed by atoms with Crippen molar-refractivity contribution < 1.29 is 18.3 Å². The average molecular weight is 232 g/mol. The maximum atomic E-state index is 12.7. The fourth-order valence-corrected chi connectivity index (χ4v) is 1.52. The first kappa shape index (κ1) is 13.0. The molecule has 0 amide bonds. The lowest BCUT2D eigenvalue weighted by Crippen LogP contribution is -2.22. The summed E-state index contributed by atoms with van der Waals surface area (Å²) < 4.78 is 38.0. The Balaban J connectivity index is 3.06. The summed E-state index contributed by atoms with van der Waals surface area (Å²) in [4.78, 5) is 0. The summed E-state index contributed by atoms with van der Waals surface area (Å²) in [6.45, 7) is 3.33. The molecule has 0 aromatic heterocycles. The van der Waals surface area contributed by atoms with Crippen molar-refractivity contribution in [1.29, 1.82) is 0 Å². The first-order chi connectivity index (χ1) is 7.26. The van der Waals surface area contributed by atoms with Crippen molar-refractivity contribution in [2.75, 3.05) is 6.61 Å². The van der Waals surface area contributed by atoms with Crippen LogP contribution >= 0.6 is 0 Å². The molecule has 1 nitrogen and oxygen atoms in total. The van der Waals surface area contributed by atoms with Crippen LogP contribution in [-0.2, 0) is 12.6 Å². The van der Waals surface area contributed by atoms with Gasteiger partial charge in [-0.15, -0.1) is 0 Å². The highest BCUT2D eigenvalue weighted by Crippen LogP contribution is 2.34. The zero-order chi connectivity index (χ0) is 12.4. The maximum Gasteiger partial charge on any atom is 0.416 e. The average Bonchev–Trinajstić information content (AvgIpc) is 2.16. The normalized spacial score (nSPS) is 12.9. The second kappa shape index (κ2) is 4.45. The van der Waals surface area contributed by atoms with Gasteiger partial charge < -0.3 is 5.11 Å². The fraction of sp³-hybridized carbons (Fsp3) is 0.500. The van der Waals surface area contributed by atoms with Crippen LogP contribution in [-0.4, -0.2) is 11.7 Å². The van der Waals surface area contributed by atoms with Crippen molar-refractivity contribution in [3.05, 3.63) is 35.4 Å². The smallest absolute Gasteiger partial charge is 0.396 e. The molecule has 16 heavy (non-hydrogen) atoms. The summed E-state index contributed by atoms with van der Waals surface area (Å²) in [5.74, 6) is 0. The van der Waals surface area contributed by atoms with Crippen LogP contribution in [0.25, 0.3) is 0 Å². The minimum absolute atomic E-state index is 0.140. The van der Waals surface area contributed by atoms with E-state index < -0.39 is 17.2 Å². The van der Waals surface area contributed by atoms with Crippen LogP contribution in [0.1, 0.15) is 25.0 Å². The number of alkyl halides is 3. The Morgan fingerprint density at radius 3 is 2.19 bits per heavy atom. The topological polar surface area (TPSA) is 20.2 Å². The van der Waals surface area contributed by atoms with Crippen LogP contribution in [0.5, 0.6) is 0 Å². The van der Waals surface area contributed by atoms with Crippen LogP contribution in [0.15, 0.2) is 24.3 Å². The molecule has 0 fully saturated rings. The molecular weight excluding hydrogens is 217 g/mol. The van der Waals surface area contributed by atoms with Gasteiger partial charge in [0.15, 0.2) is 0 Å². The van der Waals surface area contributed by atoms with Gasteiger partial charge in [-0.25, -0.2) is 0 Å². The highest BCUT2D eigenvalue weighted by molar-refractivity contribution is 5.30. The molecule has 0 aliphatic heterocycles. The van der Waals surface area contributed by atoms with Gasteiger partial charge in [0.2, 0.25) is 0 Å². The largest absolute Gasteiger partial charge is 0.416 e. The third-order valence-corrected chi connectivity index (χ3v) is 2.42. The van der Waals surface area contributed by atoms with E-state index in [4.69, 9.17) is 5.11 Å². The van der Waals surface area contributed by atoms with Crippen LogP contribution in [0.3, 0.4) is 0 Å². The van der Waals surface area contributed by atoms with Gasteiger partial charge in [0.1, 0.15) is 0 Å². The van der Waals surface area contributed by atoms with Crippen molar-refractivity contribution in [2.45, 2.75) is 26.4 Å². The molecule has 0 radical (unpaired) electrons. The van der Waals surface area contributed by atoms with E-state index >= 15 is 0 Å². The second-order valence-electron chi connectivity index (χ2n) is 4.65. The van der Waals surface area contributed by atoms with Gasteiger partial charge in [-0.1, -0.05) is 32.0 Å². The first-order valence-electron chi connectivity index (χ1n) is 5.02. The molecule has 0 saturated heterocycles. The van der Waals surface area contributed by atoms with Gasteiger partial charge in [-0.2, -0.15) is 13.2 Å². The lowest BCUT2D eigenvalue weighted by atomic mass is 9.85. The van der Waals surface area contributed by atoms with Gasteiger partial charge >= 0.3 is 6.18 Å². The van der Waals surface area contributed by atoms with E-state index in [9.17, 15) is 13.2 Å². The third kappa shape index (κ3) is 3.23. The van der Waals surface area contributed by atoms with E-state index in [-0.39, 0.29) is 18.6 Å².